The Labute approximate surface area is 160 Å². The third-order valence-corrected chi connectivity index (χ3v) is 8.30. The molecule has 3 nitrogen and oxygen atoms in total. The molecule has 0 aromatic carbocycles. The lowest BCUT2D eigenvalue weighted by Gasteiger charge is -2.46. The van der Waals surface area contributed by atoms with E-state index in [1.165, 1.54) is 84.0 Å². The maximum atomic E-state index is 5.49. The zero-order valence-electron chi connectivity index (χ0n) is 16.6. The van der Waals surface area contributed by atoms with Gasteiger partial charge in [-0.2, -0.15) is 0 Å². The fourth-order valence-corrected chi connectivity index (χ4v) is 7.14. The van der Waals surface area contributed by atoms with Crippen LogP contribution in [0.5, 0.6) is 0 Å². The van der Waals surface area contributed by atoms with Crippen LogP contribution in [-0.2, 0) is 4.74 Å². The highest BCUT2D eigenvalue weighted by Crippen LogP contribution is 2.54. The zero-order chi connectivity index (χ0) is 17.3. The third-order valence-electron chi connectivity index (χ3n) is 8.30. The Balaban J connectivity index is 1.22. The summed E-state index contributed by atoms with van der Waals surface area (Å²) in [5.74, 6) is 3.95. The minimum absolute atomic E-state index is 0.939. The van der Waals surface area contributed by atoms with Crippen LogP contribution >= 0.6 is 0 Å². The lowest BCUT2D eigenvalue weighted by molar-refractivity contribution is 0.0363. The van der Waals surface area contributed by atoms with Gasteiger partial charge in [0.25, 0.3) is 0 Å². The number of ether oxygens (including phenoxy) is 1. The maximum Gasteiger partial charge on any atom is 0.0594 e. The fourth-order valence-electron chi connectivity index (χ4n) is 7.14. The van der Waals surface area contributed by atoms with Crippen LogP contribution in [0.25, 0.3) is 0 Å². The van der Waals surface area contributed by atoms with E-state index in [0.29, 0.717) is 0 Å². The molecule has 0 spiro atoms. The van der Waals surface area contributed by atoms with Gasteiger partial charge in [0.2, 0.25) is 0 Å². The van der Waals surface area contributed by atoms with Crippen molar-refractivity contribution in [2.75, 3.05) is 52.5 Å². The van der Waals surface area contributed by atoms with E-state index >= 15 is 0 Å². The van der Waals surface area contributed by atoms with Gasteiger partial charge in [-0.3, -0.25) is 4.90 Å². The summed E-state index contributed by atoms with van der Waals surface area (Å²) in [4.78, 5) is 5.46. The van der Waals surface area contributed by atoms with Crippen molar-refractivity contribution >= 4 is 0 Å². The van der Waals surface area contributed by atoms with Gasteiger partial charge in [0.1, 0.15) is 0 Å². The number of hydrogen-bond acceptors (Lipinski definition) is 3. The van der Waals surface area contributed by atoms with Gasteiger partial charge in [-0.15, -0.1) is 0 Å². The number of rotatable bonds is 4. The number of nitrogens with zero attached hydrogens (tertiary/aromatic N) is 2. The molecule has 4 unspecified atom stereocenters. The van der Waals surface area contributed by atoms with Crippen LogP contribution in [0.2, 0.25) is 0 Å². The van der Waals surface area contributed by atoms with Crippen molar-refractivity contribution in [2.24, 2.45) is 23.7 Å². The monoisotopic (exact) mass is 358 g/mol. The lowest BCUT2D eigenvalue weighted by atomic mass is 9.58. The summed E-state index contributed by atoms with van der Waals surface area (Å²) in [5, 5.41) is 0. The summed E-state index contributed by atoms with van der Waals surface area (Å²) < 4.78 is 5.49. The highest BCUT2D eigenvalue weighted by Gasteiger charge is 2.48. The molecular weight excluding hydrogens is 320 g/mol. The standard InChI is InChI=1S/C23H38N2O/c1-3-8-20-18(6-1)19-7-2-4-9-21(19)23-17-25(16-22(20)23)11-5-10-24-12-14-26-15-13-24/h20-23H,1-17H2. The third kappa shape index (κ3) is 3.40. The molecule has 3 heteroatoms. The summed E-state index contributed by atoms with van der Waals surface area (Å²) in [6.45, 7) is 9.59. The van der Waals surface area contributed by atoms with E-state index in [0.717, 1.165) is 50.0 Å². The van der Waals surface area contributed by atoms with E-state index in [9.17, 15) is 0 Å². The average molecular weight is 359 g/mol. The molecule has 2 heterocycles. The van der Waals surface area contributed by atoms with E-state index < -0.39 is 0 Å². The van der Waals surface area contributed by atoms with Gasteiger partial charge in [-0.1, -0.05) is 24.0 Å². The van der Waals surface area contributed by atoms with Crippen LogP contribution in [0.15, 0.2) is 11.1 Å². The maximum absolute atomic E-state index is 5.49. The predicted molar refractivity (Wildman–Crippen MR) is 106 cm³/mol. The Hall–Kier alpha value is -0.380. The number of fused-ring (bicyclic) bond motifs is 5. The predicted octanol–water partition coefficient (Wildman–Crippen LogP) is 3.95. The number of hydrogen-bond donors (Lipinski definition) is 0. The summed E-state index contributed by atoms with van der Waals surface area (Å²) in [6.07, 6.45) is 13.2. The van der Waals surface area contributed by atoms with Crippen LogP contribution in [0.4, 0.5) is 0 Å². The summed E-state index contributed by atoms with van der Waals surface area (Å²) >= 11 is 0. The molecule has 0 aromatic rings. The Morgan fingerprint density at radius 1 is 0.731 bits per heavy atom. The summed E-state index contributed by atoms with van der Waals surface area (Å²) in [5.41, 5.74) is 3.97. The SMILES string of the molecule is C1CCC2C(=C3CCCCC3C3CN(CCCN4CCOCC4)CC23)C1. The molecule has 0 aromatic heterocycles. The molecule has 3 aliphatic carbocycles. The van der Waals surface area contributed by atoms with Crippen molar-refractivity contribution in [2.45, 2.75) is 57.8 Å². The second-order valence-electron chi connectivity index (χ2n) is 9.65. The molecular formula is C23H38N2O. The minimum Gasteiger partial charge on any atom is -0.379 e. The van der Waals surface area contributed by atoms with Crippen molar-refractivity contribution in [1.82, 2.24) is 9.80 Å². The van der Waals surface area contributed by atoms with Crippen molar-refractivity contribution in [3.8, 4) is 0 Å². The van der Waals surface area contributed by atoms with Gasteiger partial charge in [-0.05, 0) is 81.7 Å². The first kappa shape index (κ1) is 17.7. The lowest BCUT2D eigenvalue weighted by Crippen LogP contribution is -2.38. The van der Waals surface area contributed by atoms with Gasteiger partial charge in [0.05, 0.1) is 13.2 Å². The second kappa shape index (κ2) is 7.93. The molecule has 26 heavy (non-hydrogen) atoms. The van der Waals surface area contributed by atoms with Gasteiger partial charge in [0.15, 0.2) is 0 Å². The second-order valence-corrected chi connectivity index (χ2v) is 9.65. The summed E-state index contributed by atoms with van der Waals surface area (Å²) in [7, 11) is 0. The molecule has 2 aliphatic heterocycles. The van der Waals surface area contributed by atoms with E-state index in [2.05, 4.69) is 9.80 Å². The molecule has 0 N–H and O–H groups in total. The van der Waals surface area contributed by atoms with Crippen molar-refractivity contribution in [3.63, 3.8) is 0 Å². The van der Waals surface area contributed by atoms with Crippen LogP contribution < -0.4 is 0 Å². The Kier molecular flexibility index (Phi) is 5.40. The minimum atomic E-state index is 0.939. The Morgan fingerprint density at radius 2 is 1.31 bits per heavy atom. The summed E-state index contributed by atoms with van der Waals surface area (Å²) in [6, 6.07) is 0. The smallest absolute Gasteiger partial charge is 0.0594 e. The topological polar surface area (TPSA) is 15.7 Å². The zero-order valence-corrected chi connectivity index (χ0v) is 16.6. The van der Waals surface area contributed by atoms with Gasteiger partial charge in [-0.25, -0.2) is 0 Å². The van der Waals surface area contributed by atoms with Crippen molar-refractivity contribution < 1.29 is 4.74 Å². The van der Waals surface area contributed by atoms with Gasteiger partial charge >= 0.3 is 0 Å². The van der Waals surface area contributed by atoms with Gasteiger partial charge < -0.3 is 9.64 Å². The highest BCUT2D eigenvalue weighted by molar-refractivity contribution is 5.29. The normalized spacial score (nSPS) is 38.8. The van der Waals surface area contributed by atoms with Crippen molar-refractivity contribution in [1.29, 1.82) is 0 Å². The molecule has 2 saturated heterocycles. The first-order valence-electron chi connectivity index (χ1n) is 11.6. The molecule has 2 saturated carbocycles. The first-order valence-corrected chi connectivity index (χ1v) is 11.6. The molecule has 0 bridgehead atoms. The Morgan fingerprint density at radius 3 is 1.92 bits per heavy atom. The fraction of sp³-hybridized carbons (Fsp3) is 0.913. The first-order chi connectivity index (χ1) is 12.9. The molecule has 0 amide bonds. The van der Waals surface area contributed by atoms with E-state index in [1.54, 1.807) is 0 Å². The molecule has 0 radical (unpaired) electrons. The number of morpholine rings is 1. The quantitative estimate of drug-likeness (QED) is 0.708. The van der Waals surface area contributed by atoms with E-state index in [1.807, 2.05) is 11.1 Å². The van der Waals surface area contributed by atoms with Crippen LogP contribution in [-0.4, -0.2) is 62.3 Å². The average Bonchev–Trinajstić information content (AvgIpc) is 3.14. The number of allylic oxidation sites excluding steroid dienone is 2. The molecule has 4 fully saturated rings. The molecule has 4 atom stereocenters. The van der Waals surface area contributed by atoms with Gasteiger partial charge in [0, 0.05) is 26.2 Å². The van der Waals surface area contributed by atoms with Crippen LogP contribution in [0.1, 0.15) is 57.8 Å². The van der Waals surface area contributed by atoms with Crippen molar-refractivity contribution in [3.05, 3.63) is 11.1 Å². The van der Waals surface area contributed by atoms with E-state index in [4.69, 9.17) is 4.74 Å². The highest BCUT2D eigenvalue weighted by atomic mass is 16.5. The largest absolute Gasteiger partial charge is 0.379 e. The molecule has 146 valence electrons. The van der Waals surface area contributed by atoms with E-state index in [-0.39, 0.29) is 0 Å². The molecule has 5 aliphatic rings. The molecule has 5 rings (SSSR count). The number of likely N-dealkylation sites (tertiary alicyclic amines) is 1. The van der Waals surface area contributed by atoms with Crippen LogP contribution in [0, 0.1) is 23.7 Å². The Bertz CT molecular complexity index is 490. The van der Waals surface area contributed by atoms with Crippen LogP contribution in [0.3, 0.4) is 0 Å².